The highest BCUT2D eigenvalue weighted by molar-refractivity contribution is 9.10. The number of carbonyl (C=O) groups excluding carboxylic acids is 1. The van der Waals surface area contributed by atoms with Crippen molar-refractivity contribution in [1.29, 1.82) is 0 Å². The van der Waals surface area contributed by atoms with Gasteiger partial charge in [0.2, 0.25) is 0 Å². The summed E-state index contributed by atoms with van der Waals surface area (Å²) in [5.41, 5.74) is 6.00. The molecule has 19 heavy (non-hydrogen) atoms. The molecule has 2 rings (SSSR count). The highest BCUT2D eigenvalue weighted by Crippen LogP contribution is 2.27. The second-order valence-corrected chi connectivity index (χ2v) is 4.73. The van der Waals surface area contributed by atoms with Crippen LogP contribution in [0.5, 0.6) is 5.75 Å². The molecule has 2 aromatic carbocycles. The first-order valence-corrected chi connectivity index (χ1v) is 6.26. The van der Waals surface area contributed by atoms with E-state index in [9.17, 15) is 9.18 Å². The Morgan fingerprint density at radius 3 is 2.68 bits per heavy atom. The molecule has 2 N–H and O–H groups in total. The molecular formula is C14H11BrFNO2. The van der Waals surface area contributed by atoms with E-state index in [1.165, 1.54) is 25.3 Å². The van der Waals surface area contributed by atoms with Crippen LogP contribution >= 0.6 is 15.9 Å². The second-order valence-electron chi connectivity index (χ2n) is 3.88. The van der Waals surface area contributed by atoms with E-state index in [2.05, 4.69) is 15.9 Å². The van der Waals surface area contributed by atoms with E-state index in [1.54, 1.807) is 18.2 Å². The standard InChI is InChI=1S/C14H11BrFNO2/c1-19-12-6-5-8(7-10(12)15)14(18)9-3-2-4-11(16)13(9)17/h2-7H,17H2,1H3. The summed E-state index contributed by atoms with van der Waals surface area (Å²) in [4.78, 5) is 12.3. The predicted molar refractivity (Wildman–Crippen MR) is 74.9 cm³/mol. The topological polar surface area (TPSA) is 52.3 Å². The largest absolute Gasteiger partial charge is 0.496 e. The number of hydrogen-bond acceptors (Lipinski definition) is 3. The smallest absolute Gasteiger partial charge is 0.195 e. The minimum Gasteiger partial charge on any atom is -0.496 e. The number of methoxy groups -OCH3 is 1. The molecule has 0 aliphatic rings. The van der Waals surface area contributed by atoms with Crippen LogP contribution in [0.1, 0.15) is 15.9 Å². The van der Waals surface area contributed by atoms with E-state index in [0.29, 0.717) is 15.8 Å². The van der Waals surface area contributed by atoms with Crippen molar-refractivity contribution >= 4 is 27.4 Å². The normalized spacial score (nSPS) is 10.3. The monoisotopic (exact) mass is 323 g/mol. The van der Waals surface area contributed by atoms with E-state index in [0.717, 1.165) is 0 Å². The zero-order valence-corrected chi connectivity index (χ0v) is 11.7. The lowest BCUT2D eigenvalue weighted by atomic mass is 10.0. The molecule has 0 atom stereocenters. The molecule has 2 aromatic rings. The minimum absolute atomic E-state index is 0.139. The van der Waals surface area contributed by atoms with Gasteiger partial charge in [0, 0.05) is 11.1 Å². The van der Waals surface area contributed by atoms with Crippen LogP contribution in [0.15, 0.2) is 40.9 Å². The Kier molecular flexibility index (Phi) is 3.85. The van der Waals surface area contributed by atoms with Crippen LogP contribution in [0.3, 0.4) is 0 Å². The van der Waals surface area contributed by atoms with Crippen molar-refractivity contribution in [2.24, 2.45) is 0 Å². The molecule has 0 aliphatic carbocycles. The van der Waals surface area contributed by atoms with Gasteiger partial charge < -0.3 is 10.5 Å². The average molecular weight is 324 g/mol. The molecule has 0 saturated carbocycles. The molecule has 0 amide bonds. The molecule has 0 heterocycles. The fourth-order valence-electron chi connectivity index (χ4n) is 1.70. The summed E-state index contributed by atoms with van der Waals surface area (Å²) in [5, 5.41) is 0. The lowest BCUT2D eigenvalue weighted by molar-refractivity contribution is 0.103. The molecule has 0 spiro atoms. The first-order valence-electron chi connectivity index (χ1n) is 5.47. The van der Waals surface area contributed by atoms with Crippen molar-refractivity contribution in [2.75, 3.05) is 12.8 Å². The van der Waals surface area contributed by atoms with E-state index in [1.807, 2.05) is 0 Å². The summed E-state index contributed by atoms with van der Waals surface area (Å²) in [5.74, 6) is -0.317. The Labute approximate surface area is 118 Å². The van der Waals surface area contributed by atoms with Gasteiger partial charge in [-0.1, -0.05) is 6.07 Å². The van der Waals surface area contributed by atoms with Crippen molar-refractivity contribution in [3.8, 4) is 5.75 Å². The van der Waals surface area contributed by atoms with Gasteiger partial charge in [-0.25, -0.2) is 4.39 Å². The zero-order valence-electron chi connectivity index (χ0n) is 10.1. The van der Waals surface area contributed by atoms with Crippen LogP contribution in [0.2, 0.25) is 0 Å². The number of benzene rings is 2. The molecule has 0 bridgehead atoms. The summed E-state index contributed by atoms with van der Waals surface area (Å²) >= 11 is 3.30. The van der Waals surface area contributed by atoms with E-state index in [-0.39, 0.29) is 17.0 Å². The molecule has 0 fully saturated rings. The van der Waals surface area contributed by atoms with Gasteiger partial charge in [-0.2, -0.15) is 0 Å². The summed E-state index contributed by atoms with van der Waals surface area (Å²) in [6.07, 6.45) is 0. The number of ketones is 1. The molecule has 0 aliphatic heterocycles. The third-order valence-corrected chi connectivity index (χ3v) is 3.33. The molecule has 0 saturated heterocycles. The first-order chi connectivity index (χ1) is 9.04. The molecule has 0 radical (unpaired) electrons. The number of para-hydroxylation sites is 1. The number of hydrogen-bond donors (Lipinski definition) is 1. The predicted octanol–water partition coefficient (Wildman–Crippen LogP) is 3.41. The molecule has 0 unspecified atom stereocenters. The van der Waals surface area contributed by atoms with Crippen LogP contribution in [0.25, 0.3) is 0 Å². The Balaban J connectivity index is 2.44. The van der Waals surface area contributed by atoms with Gasteiger partial charge in [0.15, 0.2) is 5.78 Å². The van der Waals surface area contributed by atoms with Gasteiger partial charge in [0.1, 0.15) is 11.6 Å². The van der Waals surface area contributed by atoms with Gasteiger partial charge in [0.05, 0.1) is 17.3 Å². The first kappa shape index (κ1) is 13.5. The van der Waals surface area contributed by atoms with Gasteiger partial charge in [0.25, 0.3) is 0 Å². The lowest BCUT2D eigenvalue weighted by Gasteiger charge is -2.08. The summed E-state index contributed by atoms with van der Waals surface area (Å²) < 4.78 is 19.1. The number of carbonyl (C=O) groups is 1. The maximum absolute atomic E-state index is 13.3. The number of nitrogen functional groups attached to an aromatic ring is 1. The average Bonchev–Trinajstić information content (AvgIpc) is 2.41. The van der Waals surface area contributed by atoms with Crippen molar-refractivity contribution in [3.63, 3.8) is 0 Å². The van der Waals surface area contributed by atoms with Crippen molar-refractivity contribution in [3.05, 3.63) is 57.8 Å². The maximum Gasteiger partial charge on any atom is 0.195 e. The molecule has 98 valence electrons. The van der Waals surface area contributed by atoms with Crippen LogP contribution in [0, 0.1) is 5.82 Å². The van der Waals surface area contributed by atoms with Crippen molar-refractivity contribution in [1.82, 2.24) is 0 Å². The Morgan fingerprint density at radius 2 is 2.05 bits per heavy atom. The van der Waals surface area contributed by atoms with Crippen molar-refractivity contribution < 1.29 is 13.9 Å². The molecule has 3 nitrogen and oxygen atoms in total. The second kappa shape index (κ2) is 5.40. The highest BCUT2D eigenvalue weighted by Gasteiger charge is 2.15. The van der Waals surface area contributed by atoms with Gasteiger partial charge >= 0.3 is 0 Å². The SMILES string of the molecule is COc1ccc(C(=O)c2cccc(F)c2N)cc1Br. The number of halogens is 2. The summed E-state index contributed by atoms with van der Waals surface area (Å²) in [7, 11) is 1.53. The van der Waals surface area contributed by atoms with Gasteiger partial charge in [-0.3, -0.25) is 4.79 Å². The summed E-state index contributed by atoms with van der Waals surface area (Å²) in [6.45, 7) is 0. The number of anilines is 1. The van der Waals surface area contributed by atoms with Gasteiger partial charge in [-0.05, 0) is 46.3 Å². The van der Waals surface area contributed by atoms with Crippen LogP contribution in [-0.4, -0.2) is 12.9 Å². The Morgan fingerprint density at radius 1 is 1.32 bits per heavy atom. The van der Waals surface area contributed by atoms with Crippen LogP contribution in [0.4, 0.5) is 10.1 Å². The van der Waals surface area contributed by atoms with Gasteiger partial charge in [-0.15, -0.1) is 0 Å². The fraction of sp³-hybridized carbons (Fsp3) is 0.0714. The van der Waals surface area contributed by atoms with E-state index < -0.39 is 5.82 Å². The molecule has 0 aromatic heterocycles. The lowest BCUT2D eigenvalue weighted by Crippen LogP contribution is -2.07. The Hall–Kier alpha value is -1.88. The maximum atomic E-state index is 13.3. The minimum atomic E-state index is -0.599. The van der Waals surface area contributed by atoms with Crippen LogP contribution in [-0.2, 0) is 0 Å². The Bertz CT molecular complexity index is 643. The molecule has 5 heteroatoms. The zero-order chi connectivity index (χ0) is 14.0. The quantitative estimate of drug-likeness (QED) is 0.695. The third-order valence-electron chi connectivity index (χ3n) is 2.71. The summed E-state index contributed by atoms with van der Waals surface area (Å²) in [6, 6.07) is 9.06. The fourth-order valence-corrected chi connectivity index (χ4v) is 2.24. The van der Waals surface area contributed by atoms with E-state index in [4.69, 9.17) is 10.5 Å². The number of rotatable bonds is 3. The third kappa shape index (κ3) is 2.61. The van der Waals surface area contributed by atoms with E-state index >= 15 is 0 Å². The number of ether oxygens (including phenoxy) is 1. The van der Waals surface area contributed by atoms with Crippen molar-refractivity contribution in [2.45, 2.75) is 0 Å². The number of nitrogens with two attached hydrogens (primary N) is 1. The highest BCUT2D eigenvalue weighted by atomic mass is 79.9. The van der Waals surface area contributed by atoms with Crippen LogP contribution < -0.4 is 10.5 Å². The molecular weight excluding hydrogens is 313 g/mol.